The largest absolute Gasteiger partial charge is 0.461 e. The number of rotatable bonds is 3. The Morgan fingerprint density at radius 2 is 2.35 bits per heavy atom. The zero-order chi connectivity index (χ0) is 12.4. The van der Waals surface area contributed by atoms with Crippen molar-refractivity contribution in [3.8, 4) is 0 Å². The predicted octanol–water partition coefficient (Wildman–Crippen LogP) is 2.94. The highest BCUT2D eigenvalue weighted by molar-refractivity contribution is 5.88. The number of fused-ring (bicyclic) bond motifs is 1. The summed E-state index contributed by atoms with van der Waals surface area (Å²) in [4.78, 5) is 11.2. The first-order valence-corrected chi connectivity index (χ1v) is 5.22. The van der Waals surface area contributed by atoms with Crippen molar-refractivity contribution in [1.29, 1.82) is 0 Å². The van der Waals surface area contributed by atoms with Gasteiger partial charge in [0.2, 0.25) is 5.91 Å². The molecule has 0 saturated carbocycles. The zero-order valence-corrected chi connectivity index (χ0v) is 9.37. The van der Waals surface area contributed by atoms with Gasteiger partial charge in [0.25, 0.3) is 0 Å². The van der Waals surface area contributed by atoms with Crippen molar-refractivity contribution in [1.82, 2.24) is 5.32 Å². The lowest BCUT2D eigenvalue weighted by molar-refractivity contribution is -0.117. The molecular formula is C13H12FNO2. The van der Waals surface area contributed by atoms with Crippen molar-refractivity contribution in [3.63, 3.8) is 0 Å². The number of carbonyl (C=O) groups excluding carboxylic acids is 1. The first kappa shape index (κ1) is 11.4. The summed E-state index contributed by atoms with van der Waals surface area (Å²) in [5.74, 6) is -0.681. The van der Waals surface area contributed by atoms with Gasteiger partial charge in [0.15, 0.2) is 11.4 Å². The molecule has 1 aromatic heterocycles. The Morgan fingerprint density at radius 3 is 3.06 bits per heavy atom. The molecule has 0 aliphatic carbocycles. The normalized spacial score (nSPS) is 12.4. The Kier molecular flexibility index (Phi) is 2.95. The van der Waals surface area contributed by atoms with Crippen LogP contribution in [0.2, 0.25) is 0 Å². The number of hydrogen-bond acceptors (Lipinski definition) is 2. The molecule has 1 aromatic carbocycles. The van der Waals surface area contributed by atoms with Crippen molar-refractivity contribution in [2.24, 2.45) is 0 Å². The summed E-state index contributed by atoms with van der Waals surface area (Å²) in [5, 5.41) is 3.37. The van der Waals surface area contributed by atoms with E-state index < -0.39 is 5.82 Å². The minimum Gasteiger partial charge on any atom is -0.461 e. The number of halogens is 1. The Labute approximate surface area is 97.9 Å². The zero-order valence-electron chi connectivity index (χ0n) is 9.37. The monoisotopic (exact) mass is 233 g/mol. The van der Waals surface area contributed by atoms with Gasteiger partial charge >= 0.3 is 0 Å². The van der Waals surface area contributed by atoms with E-state index in [0.29, 0.717) is 5.39 Å². The molecule has 17 heavy (non-hydrogen) atoms. The summed E-state index contributed by atoms with van der Waals surface area (Å²) in [7, 11) is 0. The summed E-state index contributed by atoms with van der Waals surface area (Å²) in [6.45, 7) is 5.18. The summed E-state index contributed by atoms with van der Waals surface area (Å²) < 4.78 is 18.6. The summed E-state index contributed by atoms with van der Waals surface area (Å²) in [6, 6.07) is 4.44. The fourth-order valence-corrected chi connectivity index (χ4v) is 1.73. The molecular weight excluding hydrogens is 221 g/mol. The molecule has 1 atom stereocenters. The molecule has 0 bridgehead atoms. The van der Waals surface area contributed by atoms with Crippen LogP contribution >= 0.6 is 0 Å². The van der Waals surface area contributed by atoms with Gasteiger partial charge in [0.05, 0.1) is 12.3 Å². The van der Waals surface area contributed by atoms with E-state index in [0.717, 1.165) is 5.56 Å². The number of furan rings is 1. The van der Waals surface area contributed by atoms with Gasteiger partial charge in [-0.3, -0.25) is 4.79 Å². The summed E-state index contributed by atoms with van der Waals surface area (Å²) in [5.41, 5.74) is 0.955. The van der Waals surface area contributed by atoms with Crippen LogP contribution in [0.4, 0.5) is 4.39 Å². The lowest BCUT2D eigenvalue weighted by Crippen LogP contribution is -2.24. The van der Waals surface area contributed by atoms with E-state index in [-0.39, 0.29) is 17.5 Å². The number of carbonyl (C=O) groups is 1. The molecule has 0 spiro atoms. The first-order chi connectivity index (χ1) is 8.13. The number of para-hydroxylation sites is 1. The highest BCUT2D eigenvalue weighted by Crippen LogP contribution is 2.27. The third kappa shape index (κ3) is 2.06. The van der Waals surface area contributed by atoms with Crippen LogP contribution in [0, 0.1) is 5.82 Å². The van der Waals surface area contributed by atoms with E-state index in [9.17, 15) is 9.18 Å². The predicted molar refractivity (Wildman–Crippen MR) is 62.9 cm³/mol. The number of amides is 1. The molecule has 1 heterocycles. The van der Waals surface area contributed by atoms with Crippen molar-refractivity contribution < 1.29 is 13.6 Å². The van der Waals surface area contributed by atoms with Crippen molar-refractivity contribution in [3.05, 3.63) is 48.5 Å². The summed E-state index contributed by atoms with van der Waals surface area (Å²) >= 11 is 0. The Balaban J connectivity index is 2.39. The van der Waals surface area contributed by atoms with E-state index in [4.69, 9.17) is 4.42 Å². The number of nitrogens with one attached hydrogen (secondary N) is 1. The van der Waals surface area contributed by atoms with Crippen LogP contribution in [0.5, 0.6) is 0 Å². The van der Waals surface area contributed by atoms with Gasteiger partial charge in [-0.2, -0.15) is 0 Å². The highest BCUT2D eigenvalue weighted by Gasteiger charge is 2.15. The lowest BCUT2D eigenvalue weighted by atomic mass is 10.1. The molecule has 3 nitrogen and oxygen atoms in total. The van der Waals surface area contributed by atoms with Crippen LogP contribution in [0.3, 0.4) is 0 Å². The maximum atomic E-state index is 13.4. The van der Waals surface area contributed by atoms with Gasteiger partial charge in [0, 0.05) is 10.9 Å². The number of benzene rings is 1. The molecule has 88 valence electrons. The lowest BCUT2D eigenvalue weighted by Gasteiger charge is -2.10. The molecule has 2 rings (SSSR count). The third-order valence-corrected chi connectivity index (χ3v) is 2.59. The molecule has 0 aliphatic heterocycles. The Morgan fingerprint density at radius 1 is 1.59 bits per heavy atom. The van der Waals surface area contributed by atoms with Crippen LogP contribution in [-0.2, 0) is 4.79 Å². The van der Waals surface area contributed by atoms with E-state index >= 15 is 0 Å². The van der Waals surface area contributed by atoms with Crippen molar-refractivity contribution in [2.45, 2.75) is 13.0 Å². The number of hydrogen-bond donors (Lipinski definition) is 1. The molecule has 0 aliphatic rings. The SMILES string of the molecule is C=CC(=O)N[C@@H](C)c1coc2c(F)cccc12. The van der Waals surface area contributed by atoms with Gasteiger partial charge < -0.3 is 9.73 Å². The van der Waals surface area contributed by atoms with Crippen LogP contribution in [0.25, 0.3) is 11.0 Å². The third-order valence-electron chi connectivity index (χ3n) is 2.59. The molecule has 1 amide bonds. The molecule has 4 heteroatoms. The average Bonchev–Trinajstić information content (AvgIpc) is 2.74. The van der Waals surface area contributed by atoms with Crippen LogP contribution in [0.1, 0.15) is 18.5 Å². The summed E-state index contributed by atoms with van der Waals surface area (Å²) in [6.07, 6.45) is 2.65. The second kappa shape index (κ2) is 4.41. The van der Waals surface area contributed by atoms with Gasteiger partial charge in [0.1, 0.15) is 0 Å². The maximum absolute atomic E-state index is 13.4. The second-order valence-electron chi connectivity index (χ2n) is 3.74. The Bertz CT molecular complexity index is 574. The van der Waals surface area contributed by atoms with Crippen LogP contribution < -0.4 is 5.32 Å². The molecule has 0 saturated heterocycles. The molecule has 0 fully saturated rings. The van der Waals surface area contributed by atoms with Crippen LogP contribution in [0.15, 0.2) is 41.5 Å². The smallest absolute Gasteiger partial charge is 0.243 e. The average molecular weight is 233 g/mol. The minimum absolute atomic E-state index is 0.210. The minimum atomic E-state index is -0.406. The van der Waals surface area contributed by atoms with Gasteiger partial charge in [-0.05, 0) is 19.1 Å². The first-order valence-electron chi connectivity index (χ1n) is 5.22. The standard InChI is InChI=1S/C13H12FNO2/c1-3-12(16)15-8(2)10-7-17-13-9(10)5-4-6-11(13)14/h3-8H,1H2,2H3,(H,15,16)/t8-/m0/s1. The van der Waals surface area contributed by atoms with Gasteiger partial charge in [-0.1, -0.05) is 18.7 Å². The van der Waals surface area contributed by atoms with E-state index in [1.807, 2.05) is 0 Å². The molecule has 0 unspecified atom stereocenters. The fraction of sp³-hybridized carbons (Fsp3) is 0.154. The molecule has 0 radical (unpaired) electrons. The maximum Gasteiger partial charge on any atom is 0.243 e. The second-order valence-corrected chi connectivity index (χ2v) is 3.74. The Hall–Kier alpha value is -2.10. The highest BCUT2D eigenvalue weighted by atomic mass is 19.1. The quantitative estimate of drug-likeness (QED) is 0.828. The molecule has 2 aromatic rings. The van der Waals surface area contributed by atoms with Crippen molar-refractivity contribution in [2.75, 3.05) is 0 Å². The van der Waals surface area contributed by atoms with Crippen LogP contribution in [-0.4, -0.2) is 5.91 Å². The van der Waals surface area contributed by atoms with Gasteiger partial charge in [-0.25, -0.2) is 4.39 Å². The van der Waals surface area contributed by atoms with Gasteiger partial charge in [-0.15, -0.1) is 0 Å². The van der Waals surface area contributed by atoms with E-state index in [1.165, 1.54) is 18.4 Å². The van der Waals surface area contributed by atoms with E-state index in [1.54, 1.807) is 19.1 Å². The molecule has 1 N–H and O–H groups in total. The van der Waals surface area contributed by atoms with Crippen molar-refractivity contribution >= 4 is 16.9 Å². The topological polar surface area (TPSA) is 42.2 Å². The fourth-order valence-electron chi connectivity index (χ4n) is 1.73. The van der Waals surface area contributed by atoms with E-state index in [2.05, 4.69) is 11.9 Å².